The number of benzene rings is 1. The molecular weight excluding hydrogens is 418 g/mol. The normalized spacial score (nSPS) is 25.8. The second-order valence-electron chi connectivity index (χ2n) is 10.1. The zero-order chi connectivity index (χ0) is 23.8. The number of hydrogen-bond acceptors (Lipinski definition) is 6. The third-order valence-corrected chi connectivity index (χ3v) is 7.43. The van der Waals surface area contributed by atoms with E-state index < -0.39 is 11.7 Å². The minimum atomic E-state index is -0.637. The van der Waals surface area contributed by atoms with Crippen molar-refractivity contribution in [2.45, 2.75) is 115 Å². The number of phenols is 1. The highest BCUT2D eigenvalue weighted by molar-refractivity contribution is 5.66. The van der Waals surface area contributed by atoms with Gasteiger partial charge in [0.2, 0.25) is 0 Å². The molecule has 3 unspecified atom stereocenters. The van der Waals surface area contributed by atoms with Crippen LogP contribution in [0.1, 0.15) is 95.6 Å². The average Bonchev–Trinajstić information content (AvgIpc) is 3.28. The van der Waals surface area contributed by atoms with E-state index in [4.69, 9.17) is 9.47 Å². The van der Waals surface area contributed by atoms with Crippen molar-refractivity contribution in [3.8, 4) is 11.5 Å². The smallest absolute Gasteiger partial charge is 0.303 e. The van der Waals surface area contributed by atoms with Crippen LogP contribution in [0.3, 0.4) is 0 Å². The standard InChI is InChI=1S/C27H43NO5/c1-4-5-8-21-12-14-27(17-24(21)30,33-19(2)29)13-11-20-15-22(18-28-3)26(31)25(16-20)32-23-9-6-7-10-23/h15-16,21,23-24,28,30-31H,4-14,17-18H2,1-3H3. The second kappa shape index (κ2) is 12.1. The number of aromatic hydroxyl groups is 1. The van der Waals surface area contributed by atoms with Crippen molar-refractivity contribution >= 4 is 5.97 Å². The molecule has 0 aliphatic heterocycles. The number of ether oxygens (including phenoxy) is 2. The molecule has 3 atom stereocenters. The summed E-state index contributed by atoms with van der Waals surface area (Å²) in [6.45, 7) is 4.17. The Bertz CT molecular complexity index is 776. The van der Waals surface area contributed by atoms with Crippen LogP contribution in [0.25, 0.3) is 0 Å². The largest absolute Gasteiger partial charge is 0.504 e. The van der Waals surface area contributed by atoms with Crippen molar-refractivity contribution in [1.82, 2.24) is 5.32 Å². The van der Waals surface area contributed by atoms with E-state index in [1.54, 1.807) is 0 Å². The van der Waals surface area contributed by atoms with E-state index in [-0.39, 0.29) is 23.7 Å². The van der Waals surface area contributed by atoms with Gasteiger partial charge in [-0.3, -0.25) is 4.79 Å². The lowest BCUT2D eigenvalue weighted by molar-refractivity contribution is -0.168. The molecule has 0 amide bonds. The Kier molecular flexibility index (Phi) is 9.45. The Morgan fingerprint density at radius 2 is 2.00 bits per heavy atom. The van der Waals surface area contributed by atoms with Crippen molar-refractivity contribution in [1.29, 1.82) is 0 Å². The molecule has 0 aromatic heterocycles. The van der Waals surface area contributed by atoms with Gasteiger partial charge >= 0.3 is 5.97 Å². The summed E-state index contributed by atoms with van der Waals surface area (Å²) in [5, 5.41) is 24.7. The molecule has 0 bridgehead atoms. The van der Waals surface area contributed by atoms with E-state index in [1.807, 2.05) is 19.2 Å². The Morgan fingerprint density at radius 3 is 2.64 bits per heavy atom. The van der Waals surface area contributed by atoms with Crippen LogP contribution >= 0.6 is 0 Å². The van der Waals surface area contributed by atoms with Crippen LogP contribution in [0, 0.1) is 5.92 Å². The summed E-state index contributed by atoms with van der Waals surface area (Å²) in [4.78, 5) is 12.0. The SMILES string of the molecule is CCCCC1CCC(CCc2cc(CNC)c(O)c(OC3CCCC3)c2)(OC(C)=O)CC1O. The highest BCUT2D eigenvalue weighted by Gasteiger charge is 2.42. The predicted octanol–water partition coefficient (Wildman–Crippen LogP) is 5.02. The van der Waals surface area contributed by atoms with Gasteiger partial charge in [0.25, 0.3) is 0 Å². The quantitative estimate of drug-likeness (QED) is 0.401. The fourth-order valence-electron chi connectivity index (χ4n) is 5.62. The molecule has 33 heavy (non-hydrogen) atoms. The Balaban J connectivity index is 1.75. The van der Waals surface area contributed by atoms with Crippen LogP contribution in [0.5, 0.6) is 11.5 Å². The van der Waals surface area contributed by atoms with Gasteiger partial charge in [0, 0.05) is 25.5 Å². The number of carbonyl (C=O) groups excluding carboxylic acids is 1. The number of hydrogen-bond donors (Lipinski definition) is 3. The van der Waals surface area contributed by atoms with Crippen molar-refractivity contribution in [3.63, 3.8) is 0 Å². The fourth-order valence-corrected chi connectivity index (χ4v) is 5.62. The van der Waals surface area contributed by atoms with Crippen molar-refractivity contribution < 1.29 is 24.5 Å². The Labute approximate surface area is 199 Å². The lowest BCUT2D eigenvalue weighted by Gasteiger charge is -2.42. The summed E-state index contributed by atoms with van der Waals surface area (Å²) in [5.41, 5.74) is 1.23. The minimum absolute atomic E-state index is 0.162. The maximum Gasteiger partial charge on any atom is 0.303 e. The zero-order valence-corrected chi connectivity index (χ0v) is 20.7. The lowest BCUT2D eigenvalue weighted by atomic mass is 9.72. The monoisotopic (exact) mass is 461 g/mol. The highest BCUT2D eigenvalue weighted by Crippen LogP contribution is 2.41. The van der Waals surface area contributed by atoms with E-state index in [0.717, 1.165) is 56.1 Å². The van der Waals surface area contributed by atoms with Gasteiger partial charge in [-0.2, -0.15) is 0 Å². The summed E-state index contributed by atoms with van der Waals surface area (Å²) in [6, 6.07) is 3.95. The number of aliphatic hydroxyl groups excluding tert-OH is 1. The molecule has 3 rings (SSSR count). The molecule has 2 aliphatic rings. The first-order valence-electron chi connectivity index (χ1n) is 12.9. The first-order chi connectivity index (χ1) is 15.9. The van der Waals surface area contributed by atoms with E-state index in [9.17, 15) is 15.0 Å². The first kappa shape index (κ1) is 25.8. The third kappa shape index (κ3) is 7.10. The lowest BCUT2D eigenvalue weighted by Crippen LogP contribution is -2.45. The van der Waals surface area contributed by atoms with Gasteiger partial charge in [0.1, 0.15) is 5.60 Å². The number of rotatable bonds is 11. The molecule has 3 N–H and O–H groups in total. The molecule has 0 radical (unpaired) electrons. The van der Waals surface area contributed by atoms with Gasteiger partial charge in [0.15, 0.2) is 11.5 Å². The van der Waals surface area contributed by atoms with Crippen molar-refractivity contribution in [3.05, 3.63) is 23.3 Å². The van der Waals surface area contributed by atoms with E-state index >= 15 is 0 Å². The molecule has 186 valence electrons. The molecule has 6 heteroatoms. The number of aryl methyl sites for hydroxylation is 1. The summed E-state index contributed by atoms with van der Waals surface area (Å²) in [6.07, 6.45) is 10.9. The number of unbranched alkanes of at least 4 members (excludes halogenated alkanes) is 1. The topological polar surface area (TPSA) is 88.0 Å². The van der Waals surface area contributed by atoms with E-state index in [0.29, 0.717) is 31.6 Å². The Hall–Kier alpha value is -1.79. The average molecular weight is 462 g/mol. The van der Waals surface area contributed by atoms with Gasteiger partial charge in [-0.1, -0.05) is 25.8 Å². The summed E-state index contributed by atoms with van der Waals surface area (Å²) >= 11 is 0. The molecule has 1 aromatic carbocycles. The van der Waals surface area contributed by atoms with Crippen LogP contribution in [-0.2, 0) is 22.5 Å². The molecule has 0 spiro atoms. The Morgan fingerprint density at radius 1 is 1.24 bits per heavy atom. The van der Waals surface area contributed by atoms with Gasteiger partial charge in [-0.25, -0.2) is 0 Å². The molecule has 1 aromatic rings. The maximum absolute atomic E-state index is 12.0. The molecule has 2 saturated carbocycles. The maximum atomic E-state index is 12.0. The zero-order valence-electron chi connectivity index (χ0n) is 20.7. The summed E-state index contributed by atoms with van der Waals surface area (Å²) in [5.74, 6) is 0.757. The summed E-state index contributed by atoms with van der Waals surface area (Å²) in [7, 11) is 1.86. The van der Waals surface area contributed by atoms with Crippen LogP contribution in [0.4, 0.5) is 0 Å². The second-order valence-corrected chi connectivity index (χ2v) is 10.1. The molecule has 6 nitrogen and oxygen atoms in total. The highest BCUT2D eigenvalue weighted by atomic mass is 16.6. The number of aliphatic hydroxyl groups is 1. The van der Waals surface area contributed by atoms with Gasteiger partial charge in [-0.15, -0.1) is 0 Å². The minimum Gasteiger partial charge on any atom is -0.504 e. The van der Waals surface area contributed by atoms with Crippen LogP contribution in [0.2, 0.25) is 0 Å². The third-order valence-electron chi connectivity index (χ3n) is 7.43. The molecular formula is C27H43NO5. The molecule has 2 aliphatic carbocycles. The van der Waals surface area contributed by atoms with Gasteiger partial charge in [-0.05, 0) is 82.4 Å². The van der Waals surface area contributed by atoms with Gasteiger partial charge < -0.3 is 25.0 Å². The van der Waals surface area contributed by atoms with E-state index in [2.05, 4.69) is 12.2 Å². The van der Waals surface area contributed by atoms with Crippen LogP contribution < -0.4 is 10.1 Å². The van der Waals surface area contributed by atoms with Crippen molar-refractivity contribution in [2.75, 3.05) is 7.05 Å². The number of phenolic OH excluding ortho intramolecular Hbond substituents is 1. The predicted molar refractivity (Wildman–Crippen MR) is 129 cm³/mol. The number of carbonyl (C=O) groups is 1. The number of nitrogens with one attached hydrogen (secondary N) is 1. The first-order valence-corrected chi connectivity index (χ1v) is 12.9. The fraction of sp³-hybridized carbons (Fsp3) is 0.741. The van der Waals surface area contributed by atoms with Crippen LogP contribution in [-0.4, -0.2) is 41.0 Å². The number of esters is 1. The van der Waals surface area contributed by atoms with E-state index in [1.165, 1.54) is 19.8 Å². The van der Waals surface area contributed by atoms with Gasteiger partial charge in [0.05, 0.1) is 12.2 Å². The molecule has 0 heterocycles. The molecule has 2 fully saturated rings. The molecule has 0 saturated heterocycles. The van der Waals surface area contributed by atoms with Crippen molar-refractivity contribution in [2.24, 2.45) is 5.92 Å². The van der Waals surface area contributed by atoms with Crippen LogP contribution in [0.15, 0.2) is 12.1 Å². The summed E-state index contributed by atoms with van der Waals surface area (Å²) < 4.78 is 12.1.